The maximum atomic E-state index is 12.9. The van der Waals surface area contributed by atoms with E-state index in [0.29, 0.717) is 31.1 Å². The van der Waals surface area contributed by atoms with Gasteiger partial charge in [0, 0.05) is 38.4 Å². The molecule has 0 atom stereocenters. The van der Waals surface area contributed by atoms with E-state index in [4.69, 9.17) is 16.3 Å². The minimum atomic E-state index is -4.48. The standard InChI is InChI=1S/C20H20ClF3N6O/c1-29-12-16(20(22,23)24)27-18(29)14-4-2-13(3-5-14)10-25-17-15(11-26-19(21)28-17)30-6-8-31-9-7-30/h2-5,11-12H,6-10H2,1H3,(H,25,26,28). The quantitative estimate of drug-likeness (QED) is 0.590. The van der Waals surface area contributed by atoms with Gasteiger partial charge in [-0.05, 0) is 17.2 Å². The number of alkyl halides is 3. The van der Waals surface area contributed by atoms with Crippen LogP contribution in [-0.2, 0) is 24.5 Å². The van der Waals surface area contributed by atoms with E-state index in [-0.39, 0.29) is 11.1 Å². The van der Waals surface area contributed by atoms with Gasteiger partial charge < -0.3 is 19.5 Å². The van der Waals surface area contributed by atoms with Gasteiger partial charge in [0.2, 0.25) is 5.28 Å². The number of anilines is 2. The maximum absolute atomic E-state index is 12.9. The van der Waals surface area contributed by atoms with Gasteiger partial charge in [0.1, 0.15) is 5.82 Å². The molecule has 7 nitrogen and oxygen atoms in total. The molecule has 0 amide bonds. The van der Waals surface area contributed by atoms with Gasteiger partial charge in [-0.3, -0.25) is 0 Å². The van der Waals surface area contributed by atoms with Crippen LogP contribution < -0.4 is 10.2 Å². The zero-order valence-electron chi connectivity index (χ0n) is 16.7. The van der Waals surface area contributed by atoms with Crippen molar-refractivity contribution in [3.63, 3.8) is 0 Å². The number of benzene rings is 1. The molecular formula is C20H20ClF3N6O. The third-order valence-corrected chi connectivity index (χ3v) is 5.11. The van der Waals surface area contributed by atoms with Crippen molar-refractivity contribution >= 4 is 23.1 Å². The summed E-state index contributed by atoms with van der Waals surface area (Å²) in [5.74, 6) is 0.869. The van der Waals surface area contributed by atoms with Crippen molar-refractivity contribution in [2.75, 3.05) is 36.5 Å². The van der Waals surface area contributed by atoms with E-state index in [9.17, 15) is 13.2 Å². The van der Waals surface area contributed by atoms with Crippen LogP contribution in [0.25, 0.3) is 11.4 Å². The van der Waals surface area contributed by atoms with Gasteiger partial charge in [-0.25, -0.2) is 9.97 Å². The number of morpholine rings is 1. The van der Waals surface area contributed by atoms with E-state index < -0.39 is 11.9 Å². The minimum Gasteiger partial charge on any atom is -0.378 e. The first-order chi connectivity index (χ1) is 14.8. The fourth-order valence-electron chi connectivity index (χ4n) is 3.35. The van der Waals surface area contributed by atoms with Crippen LogP contribution in [-0.4, -0.2) is 45.8 Å². The Balaban J connectivity index is 1.48. The molecule has 0 bridgehead atoms. The molecule has 1 saturated heterocycles. The molecule has 4 rings (SSSR count). The lowest BCUT2D eigenvalue weighted by molar-refractivity contribution is -0.140. The van der Waals surface area contributed by atoms with Gasteiger partial charge in [-0.2, -0.15) is 18.2 Å². The molecule has 1 aliphatic heterocycles. The highest BCUT2D eigenvalue weighted by Crippen LogP contribution is 2.31. The predicted molar refractivity (Wildman–Crippen MR) is 111 cm³/mol. The summed E-state index contributed by atoms with van der Waals surface area (Å²) in [6.07, 6.45) is -1.81. The van der Waals surface area contributed by atoms with Crippen LogP contribution in [0.4, 0.5) is 24.7 Å². The van der Waals surface area contributed by atoms with Crippen molar-refractivity contribution in [3.05, 3.63) is 53.2 Å². The third-order valence-electron chi connectivity index (χ3n) is 4.93. The first-order valence-corrected chi connectivity index (χ1v) is 9.98. The molecule has 0 spiro atoms. The van der Waals surface area contributed by atoms with Gasteiger partial charge in [0.25, 0.3) is 0 Å². The average molecular weight is 453 g/mol. The zero-order valence-corrected chi connectivity index (χ0v) is 17.4. The summed E-state index contributed by atoms with van der Waals surface area (Å²) in [6, 6.07) is 7.16. The van der Waals surface area contributed by atoms with Crippen LogP contribution in [0.5, 0.6) is 0 Å². The molecule has 11 heteroatoms. The number of hydrogen-bond acceptors (Lipinski definition) is 6. The van der Waals surface area contributed by atoms with Gasteiger partial charge in [-0.15, -0.1) is 0 Å². The van der Waals surface area contributed by atoms with Gasteiger partial charge >= 0.3 is 6.18 Å². The molecule has 1 aromatic carbocycles. The van der Waals surface area contributed by atoms with Gasteiger partial charge in [0.15, 0.2) is 11.5 Å². The Kier molecular flexibility index (Phi) is 6.01. The summed E-state index contributed by atoms with van der Waals surface area (Å²) >= 11 is 5.98. The predicted octanol–water partition coefficient (Wildman–Crippen LogP) is 4.00. The number of rotatable bonds is 5. The highest BCUT2D eigenvalue weighted by Gasteiger charge is 2.34. The Hall–Kier alpha value is -2.85. The van der Waals surface area contributed by atoms with Crippen LogP contribution in [0.15, 0.2) is 36.7 Å². The van der Waals surface area contributed by atoms with E-state index in [0.717, 1.165) is 30.5 Å². The van der Waals surface area contributed by atoms with Crippen molar-refractivity contribution in [1.29, 1.82) is 0 Å². The number of aryl methyl sites for hydroxylation is 1. The summed E-state index contributed by atoms with van der Waals surface area (Å²) in [7, 11) is 1.54. The van der Waals surface area contributed by atoms with Crippen LogP contribution >= 0.6 is 11.6 Å². The van der Waals surface area contributed by atoms with E-state index in [1.165, 1.54) is 4.57 Å². The molecule has 1 fully saturated rings. The summed E-state index contributed by atoms with van der Waals surface area (Å²) in [6.45, 7) is 3.19. The van der Waals surface area contributed by atoms with E-state index in [1.807, 2.05) is 12.1 Å². The van der Waals surface area contributed by atoms with Crippen molar-refractivity contribution in [2.24, 2.45) is 7.05 Å². The number of hydrogen-bond donors (Lipinski definition) is 1. The Morgan fingerprint density at radius 1 is 1.13 bits per heavy atom. The maximum Gasteiger partial charge on any atom is 0.434 e. The number of ether oxygens (including phenoxy) is 1. The summed E-state index contributed by atoms with van der Waals surface area (Å²) in [5, 5.41) is 3.42. The Morgan fingerprint density at radius 3 is 2.48 bits per heavy atom. The molecule has 3 aromatic rings. The highest BCUT2D eigenvalue weighted by atomic mass is 35.5. The Labute approximate surface area is 181 Å². The molecule has 1 N–H and O–H groups in total. The summed E-state index contributed by atoms with van der Waals surface area (Å²) in [5.41, 5.74) is 1.46. The third kappa shape index (κ3) is 4.91. The fraction of sp³-hybridized carbons (Fsp3) is 0.350. The topological polar surface area (TPSA) is 68.1 Å². The Bertz CT molecular complexity index is 1050. The lowest BCUT2D eigenvalue weighted by Gasteiger charge is -2.29. The first-order valence-electron chi connectivity index (χ1n) is 9.60. The lowest BCUT2D eigenvalue weighted by Crippen LogP contribution is -2.36. The number of aromatic nitrogens is 4. The van der Waals surface area contributed by atoms with Gasteiger partial charge in [-0.1, -0.05) is 24.3 Å². The normalized spacial score (nSPS) is 14.7. The lowest BCUT2D eigenvalue weighted by atomic mass is 10.1. The molecule has 0 radical (unpaired) electrons. The molecule has 0 saturated carbocycles. The number of imidazole rings is 1. The van der Waals surface area contributed by atoms with Crippen molar-refractivity contribution in [3.8, 4) is 11.4 Å². The number of nitrogens with one attached hydrogen (secondary N) is 1. The Morgan fingerprint density at radius 2 is 1.84 bits per heavy atom. The molecule has 2 aromatic heterocycles. The van der Waals surface area contributed by atoms with Crippen LogP contribution in [0.1, 0.15) is 11.3 Å². The summed E-state index contributed by atoms with van der Waals surface area (Å²) in [4.78, 5) is 14.2. The average Bonchev–Trinajstić information content (AvgIpc) is 3.15. The van der Waals surface area contributed by atoms with E-state index >= 15 is 0 Å². The fourth-order valence-corrected chi connectivity index (χ4v) is 3.48. The second-order valence-electron chi connectivity index (χ2n) is 7.08. The SMILES string of the molecule is Cn1cc(C(F)(F)F)nc1-c1ccc(CNc2nc(Cl)ncc2N2CCOCC2)cc1. The van der Waals surface area contributed by atoms with Crippen LogP contribution in [0.3, 0.4) is 0 Å². The number of halogens is 4. The van der Waals surface area contributed by atoms with Crippen LogP contribution in [0.2, 0.25) is 5.28 Å². The molecule has 164 valence electrons. The molecule has 0 aliphatic carbocycles. The first kappa shape index (κ1) is 21.4. The van der Waals surface area contributed by atoms with Gasteiger partial charge in [0.05, 0.1) is 25.1 Å². The monoisotopic (exact) mass is 452 g/mol. The van der Waals surface area contributed by atoms with E-state index in [2.05, 4.69) is 25.2 Å². The molecule has 1 aliphatic rings. The molecule has 31 heavy (non-hydrogen) atoms. The van der Waals surface area contributed by atoms with Crippen molar-refractivity contribution in [2.45, 2.75) is 12.7 Å². The molecular weight excluding hydrogens is 433 g/mol. The van der Waals surface area contributed by atoms with Crippen molar-refractivity contribution < 1.29 is 17.9 Å². The second kappa shape index (κ2) is 8.72. The zero-order chi connectivity index (χ0) is 22.0. The highest BCUT2D eigenvalue weighted by molar-refractivity contribution is 6.28. The molecule has 3 heterocycles. The largest absolute Gasteiger partial charge is 0.434 e. The number of nitrogens with zero attached hydrogens (tertiary/aromatic N) is 5. The van der Waals surface area contributed by atoms with Crippen LogP contribution in [0, 0.1) is 0 Å². The smallest absolute Gasteiger partial charge is 0.378 e. The summed E-state index contributed by atoms with van der Waals surface area (Å²) < 4.78 is 45.5. The second-order valence-corrected chi connectivity index (χ2v) is 7.42. The van der Waals surface area contributed by atoms with E-state index in [1.54, 1.807) is 25.4 Å². The minimum absolute atomic E-state index is 0.144. The van der Waals surface area contributed by atoms with Crippen molar-refractivity contribution in [1.82, 2.24) is 19.5 Å². The molecule has 0 unspecified atom stereocenters.